The number of piperidine rings is 3. The first-order chi connectivity index (χ1) is 11.7. The Hall–Kier alpha value is -1.91. The Bertz CT molecular complexity index is 760. The summed E-state index contributed by atoms with van der Waals surface area (Å²) >= 11 is 0. The number of hydrogen-bond donors (Lipinski definition) is 1. The molecule has 0 amide bonds. The highest BCUT2D eigenvalue weighted by atomic mass is 16.5. The normalized spacial score (nSPS) is 30.2. The van der Waals surface area contributed by atoms with Gasteiger partial charge in [-0.25, -0.2) is 0 Å². The summed E-state index contributed by atoms with van der Waals surface area (Å²) in [6.45, 7) is 6.07. The van der Waals surface area contributed by atoms with Gasteiger partial charge in [0.05, 0.1) is 18.7 Å². The molecule has 2 aromatic rings. The smallest absolute Gasteiger partial charge is 0.119 e. The van der Waals surface area contributed by atoms with Crippen LogP contribution >= 0.6 is 0 Å². The van der Waals surface area contributed by atoms with Crippen molar-refractivity contribution < 1.29 is 9.84 Å². The van der Waals surface area contributed by atoms with E-state index >= 15 is 0 Å². The Kier molecular flexibility index (Phi) is 4.02. The van der Waals surface area contributed by atoms with E-state index in [4.69, 9.17) is 4.74 Å². The molecule has 24 heavy (non-hydrogen) atoms. The second-order valence-electron chi connectivity index (χ2n) is 6.97. The van der Waals surface area contributed by atoms with Gasteiger partial charge < -0.3 is 9.84 Å². The molecule has 3 aliphatic rings. The van der Waals surface area contributed by atoms with Crippen molar-refractivity contribution in [3.8, 4) is 5.75 Å². The van der Waals surface area contributed by atoms with Crippen molar-refractivity contribution in [2.24, 2.45) is 11.8 Å². The van der Waals surface area contributed by atoms with Gasteiger partial charge in [-0.05, 0) is 61.1 Å². The van der Waals surface area contributed by atoms with Crippen molar-refractivity contribution in [1.29, 1.82) is 0 Å². The van der Waals surface area contributed by atoms with E-state index in [0.29, 0.717) is 11.8 Å². The van der Waals surface area contributed by atoms with Crippen LogP contribution in [0.15, 0.2) is 43.1 Å². The number of aliphatic hydroxyl groups is 1. The summed E-state index contributed by atoms with van der Waals surface area (Å²) in [4.78, 5) is 6.86. The number of hydrogen-bond acceptors (Lipinski definition) is 4. The summed E-state index contributed by atoms with van der Waals surface area (Å²) in [5, 5.41) is 12.1. The fourth-order valence-electron chi connectivity index (χ4n) is 4.44. The molecule has 1 aromatic carbocycles. The average molecular weight is 324 g/mol. The molecule has 0 saturated carbocycles. The number of ether oxygens (including phenoxy) is 1. The molecular formula is C20H24N2O2. The van der Waals surface area contributed by atoms with Gasteiger partial charge in [0.25, 0.3) is 0 Å². The topological polar surface area (TPSA) is 45.6 Å². The van der Waals surface area contributed by atoms with Crippen molar-refractivity contribution >= 4 is 10.9 Å². The number of methoxy groups -OCH3 is 1. The largest absolute Gasteiger partial charge is 0.497 e. The average Bonchev–Trinajstić information content (AvgIpc) is 2.66. The molecule has 3 fully saturated rings. The second-order valence-corrected chi connectivity index (χ2v) is 6.97. The van der Waals surface area contributed by atoms with E-state index in [0.717, 1.165) is 41.7 Å². The minimum Gasteiger partial charge on any atom is -0.497 e. The zero-order valence-electron chi connectivity index (χ0n) is 14.1. The van der Waals surface area contributed by atoms with E-state index in [1.54, 1.807) is 13.3 Å². The summed E-state index contributed by atoms with van der Waals surface area (Å²) in [6, 6.07) is 7.96. The molecule has 5 atom stereocenters. The van der Waals surface area contributed by atoms with Crippen LogP contribution in [0.4, 0.5) is 0 Å². The molecule has 4 heterocycles. The Morgan fingerprint density at radius 3 is 3.00 bits per heavy atom. The number of rotatable bonds is 4. The zero-order chi connectivity index (χ0) is 16.7. The molecule has 1 N–H and O–H groups in total. The van der Waals surface area contributed by atoms with E-state index in [2.05, 4.69) is 22.5 Å². The molecule has 0 aliphatic carbocycles. The summed E-state index contributed by atoms with van der Waals surface area (Å²) in [7, 11) is 1.66. The molecule has 2 unspecified atom stereocenters. The number of aliphatic hydroxyl groups excluding tert-OH is 1. The lowest BCUT2D eigenvalue weighted by Gasteiger charge is -2.50. The second kappa shape index (κ2) is 6.19. The van der Waals surface area contributed by atoms with Gasteiger partial charge in [0, 0.05) is 24.2 Å². The van der Waals surface area contributed by atoms with E-state index in [1.807, 2.05) is 24.3 Å². The van der Waals surface area contributed by atoms with Crippen LogP contribution in [0.3, 0.4) is 0 Å². The maximum Gasteiger partial charge on any atom is 0.119 e. The standard InChI is InChI=1S/C20H24N2O2/c1-3-13-12-22-9-7-14(13)10-19(22)20(23)16-6-8-21-18-5-4-15(24-2)11-17(16)18/h3-6,8,11,13-14,19-20,23H,1,7,9-10,12H2,2H3/t13-,14-,19+,20?/m1/s1. The van der Waals surface area contributed by atoms with Crippen LogP contribution in [0.1, 0.15) is 24.5 Å². The van der Waals surface area contributed by atoms with Crippen LogP contribution in [0.5, 0.6) is 5.75 Å². The van der Waals surface area contributed by atoms with Gasteiger partial charge in [-0.2, -0.15) is 0 Å². The summed E-state index contributed by atoms with van der Waals surface area (Å²) in [6.07, 6.45) is 5.62. The van der Waals surface area contributed by atoms with Gasteiger partial charge >= 0.3 is 0 Å². The lowest BCUT2D eigenvalue weighted by atomic mass is 9.73. The molecule has 0 spiro atoms. The highest BCUT2D eigenvalue weighted by Crippen LogP contribution is 2.42. The molecule has 126 valence electrons. The summed E-state index contributed by atoms with van der Waals surface area (Å²) in [5.74, 6) is 2.01. The first kappa shape index (κ1) is 15.6. The Morgan fingerprint density at radius 2 is 2.29 bits per heavy atom. The van der Waals surface area contributed by atoms with E-state index in [-0.39, 0.29) is 6.04 Å². The molecule has 3 aliphatic heterocycles. The fourth-order valence-corrected chi connectivity index (χ4v) is 4.44. The van der Waals surface area contributed by atoms with E-state index in [1.165, 1.54) is 6.42 Å². The summed E-state index contributed by atoms with van der Waals surface area (Å²) in [5.41, 5.74) is 1.85. The number of nitrogens with zero attached hydrogens (tertiary/aromatic N) is 2. The first-order valence-electron chi connectivity index (χ1n) is 8.68. The van der Waals surface area contributed by atoms with Crippen molar-refractivity contribution in [3.05, 3.63) is 48.7 Å². The van der Waals surface area contributed by atoms with Gasteiger partial charge in [0.15, 0.2) is 0 Å². The van der Waals surface area contributed by atoms with Crippen molar-refractivity contribution in [2.75, 3.05) is 20.2 Å². The molecular weight excluding hydrogens is 300 g/mol. The monoisotopic (exact) mass is 324 g/mol. The predicted molar refractivity (Wildman–Crippen MR) is 95.0 cm³/mol. The van der Waals surface area contributed by atoms with E-state index < -0.39 is 6.10 Å². The zero-order valence-corrected chi connectivity index (χ0v) is 14.1. The lowest BCUT2D eigenvalue weighted by molar-refractivity contribution is -0.0444. The third-order valence-corrected chi connectivity index (χ3v) is 5.82. The number of aromatic nitrogens is 1. The van der Waals surface area contributed by atoms with Gasteiger partial charge in [0.1, 0.15) is 5.75 Å². The Balaban J connectivity index is 1.69. The Labute approximate surface area is 142 Å². The van der Waals surface area contributed by atoms with Gasteiger partial charge in [-0.3, -0.25) is 9.88 Å². The minimum atomic E-state index is -0.504. The maximum absolute atomic E-state index is 11.2. The van der Waals surface area contributed by atoms with Crippen LogP contribution in [0, 0.1) is 11.8 Å². The molecule has 5 rings (SSSR count). The van der Waals surface area contributed by atoms with Crippen LogP contribution in [0.2, 0.25) is 0 Å². The minimum absolute atomic E-state index is 0.178. The molecule has 3 saturated heterocycles. The molecule has 4 heteroatoms. The maximum atomic E-state index is 11.2. The van der Waals surface area contributed by atoms with Crippen LogP contribution < -0.4 is 4.74 Å². The SMILES string of the molecule is C=C[C@@H]1CN2CC[C@@H]1C[C@H]2C(O)c1ccnc2ccc(OC)cc12. The number of benzene rings is 1. The lowest BCUT2D eigenvalue weighted by Crippen LogP contribution is -2.54. The number of pyridine rings is 1. The third kappa shape index (κ3) is 2.50. The van der Waals surface area contributed by atoms with Gasteiger partial charge in [0.2, 0.25) is 0 Å². The highest BCUT2D eigenvalue weighted by molar-refractivity contribution is 5.83. The third-order valence-electron chi connectivity index (χ3n) is 5.82. The molecule has 0 radical (unpaired) electrons. The predicted octanol–water partition coefficient (Wildman–Crippen LogP) is 3.17. The van der Waals surface area contributed by atoms with Crippen molar-refractivity contribution in [2.45, 2.75) is 25.0 Å². The van der Waals surface area contributed by atoms with Crippen molar-refractivity contribution in [1.82, 2.24) is 9.88 Å². The molecule has 1 aromatic heterocycles. The van der Waals surface area contributed by atoms with Crippen LogP contribution in [-0.4, -0.2) is 41.2 Å². The van der Waals surface area contributed by atoms with Gasteiger partial charge in [-0.15, -0.1) is 6.58 Å². The Morgan fingerprint density at radius 1 is 1.42 bits per heavy atom. The van der Waals surface area contributed by atoms with Crippen molar-refractivity contribution in [3.63, 3.8) is 0 Å². The highest BCUT2D eigenvalue weighted by Gasteiger charge is 2.42. The summed E-state index contributed by atoms with van der Waals surface area (Å²) < 4.78 is 5.35. The molecule has 2 bridgehead atoms. The molecule has 4 nitrogen and oxygen atoms in total. The van der Waals surface area contributed by atoms with Gasteiger partial charge in [-0.1, -0.05) is 6.08 Å². The van der Waals surface area contributed by atoms with Crippen LogP contribution in [-0.2, 0) is 0 Å². The quantitative estimate of drug-likeness (QED) is 0.878. The number of fused-ring (bicyclic) bond motifs is 4. The van der Waals surface area contributed by atoms with E-state index in [9.17, 15) is 5.11 Å². The first-order valence-corrected chi connectivity index (χ1v) is 8.68. The fraction of sp³-hybridized carbons (Fsp3) is 0.450. The van der Waals surface area contributed by atoms with Crippen LogP contribution in [0.25, 0.3) is 10.9 Å².